The highest BCUT2D eigenvalue weighted by molar-refractivity contribution is 5.94. The van der Waals surface area contributed by atoms with Gasteiger partial charge in [0.25, 0.3) is 5.91 Å². The smallest absolute Gasteiger partial charge is 0.265 e. The van der Waals surface area contributed by atoms with Crippen LogP contribution >= 0.6 is 0 Å². The first-order chi connectivity index (χ1) is 9.69. The van der Waals surface area contributed by atoms with Crippen LogP contribution in [0.5, 0.6) is 5.75 Å². The second kappa shape index (κ2) is 6.70. The average Bonchev–Trinajstić information content (AvgIpc) is 2.46. The summed E-state index contributed by atoms with van der Waals surface area (Å²) in [5.41, 5.74) is 1.77. The summed E-state index contributed by atoms with van der Waals surface area (Å²) in [5.74, 6) is 0.542. The van der Waals surface area contributed by atoms with E-state index in [9.17, 15) is 4.79 Å². The van der Waals surface area contributed by atoms with Crippen molar-refractivity contribution in [2.75, 3.05) is 5.32 Å². The van der Waals surface area contributed by atoms with Gasteiger partial charge in [0, 0.05) is 6.20 Å². The molecular formula is C16H18N2O2. The Labute approximate surface area is 118 Å². The zero-order chi connectivity index (χ0) is 14.4. The fraction of sp³-hybridized carbons (Fsp3) is 0.250. The van der Waals surface area contributed by atoms with Crippen molar-refractivity contribution >= 4 is 11.6 Å². The van der Waals surface area contributed by atoms with Gasteiger partial charge in [0.05, 0.1) is 11.9 Å². The van der Waals surface area contributed by atoms with Crippen molar-refractivity contribution in [2.45, 2.75) is 26.4 Å². The van der Waals surface area contributed by atoms with E-state index in [1.807, 2.05) is 38.1 Å². The zero-order valence-corrected chi connectivity index (χ0v) is 11.7. The van der Waals surface area contributed by atoms with Gasteiger partial charge in [-0.15, -0.1) is 0 Å². The standard InChI is InChI=1S/C16H18N2O2/c1-3-15(20-14-8-4-6-12(2)10-14)16(19)18-13-7-5-9-17-11-13/h4-11,15H,3H2,1-2H3,(H,18,19). The number of nitrogens with one attached hydrogen (secondary N) is 1. The third kappa shape index (κ3) is 3.82. The van der Waals surface area contributed by atoms with Gasteiger partial charge in [0.1, 0.15) is 5.75 Å². The molecule has 0 aliphatic carbocycles. The molecule has 0 bridgehead atoms. The number of hydrogen-bond acceptors (Lipinski definition) is 3. The molecule has 20 heavy (non-hydrogen) atoms. The van der Waals surface area contributed by atoms with Gasteiger partial charge in [-0.3, -0.25) is 9.78 Å². The number of rotatable bonds is 5. The number of amides is 1. The summed E-state index contributed by atoms with van der Waals surface area (Å²) >= 11 is 0. The van der Waals surface area contributed by atoms with Crippen molar-refractivity contribution < 1.29 is 9.53 Å². The third-order valence-corrected chi connectivity index (χ3v) is 2.86. The number of aromatic nitrogens is 1. The maximum atomic E-state index is 12.2. The molecule has 0 saturated heterocycles. The van der Waals surface area contributed by atoms with Crippen molar-refractivity contribution in [1.82, 2.24) is 4.98 Å². The molecule has 4 nitrogen and oxygen atoms in total. The van der Waals surface area contributed by atoms with Gasteiger partial charge in [0.2, 0.25) is 0 Å². The number of nitrogens with zero attached hydrogens (tertiary/aromatic N) is 1. The highest BCUT2D eigenvalue weighted by Gasteiger charge is 2.18. The molecule has 104 valence electrons. The molecule has 1 N–H and O–H groups in total. The zero-order valence-electron chi connectivity index (χ0n) is 11.7. The van der Waals surface area contributed by atoms with Crippen LogP contribution in [-0.4, -0.2) is 17.0 Å². The minimum absolute atomic E-state index is 0.165. The van der Waals surface area contributed by atoms with E-state index in [4.69, 9.17) is 4.74 Å². The molecule has 0 radical (unpaired) electrons. The lowest BCUT2D eigenvalue weighted by molar-refractivity contribution is -0.122. The Hall–Kier alpha value is -2.36. The maximum absolute atomic E-state index is 12.2. The van der Waals surface area contributed by atoms with E-state index in [2.05, 4.69) is 10.3 Å². The maximum Gasteiger partial charge on any atom is 0.265 e. The summed E-state index contributed by atoms with van der Waals surface area (Å²) in [6.07, 6.45) is 3.35. The Morgan fingerprint density at radius 3 is 2.85 bits per heavy atom. The predicted molar refractivity (Wildman–Crippen MR) is 78.8 cm³/mol. The quantitative estimate of drug-likeness (QED) is 0.907. The van der Waals surface area contributed by atoms with Crippen LogP contribution < -0.4 is 10.1 Å². The molecule has 1 atom stereocenters. The molecule has 2 rings (SSSR count). The van der Waals surface area contributed by atoms with Crippen LogP contribution in [0.2, 0.25) is 0 Å². The van der Waals surface area contributed by atoms with Gasteiger partial charge in [-0.1, -0.05) is 19.1 Å². The SMILES string of the molecule is CCC(Oc1cccc(C)c1)C(=O)Nc1cccnc1. The molecule has 1 heterocycles. The summed E-state index contributed by atoms with van der Waals surface area (Å²) < 4.78 is 5.75. The van der Waals surface area contributed by atoms with E-state index in [0.717, 1.165) is 5.56 Å². The Bertz CT molecular complexity index is 570. The van der Waals surface area contributed by atoms with E-state index in [1.165, 1.54) is 0 Å². The molecule has 4 heteroatoms. The second-order valence-corrected chi connectivity index (χ2v) is 4.56. The first kappa shape index (κ1) is 14.1. The average molecular weight is 270 g/mol. The molecule has 1 amide bonds. The number of ether oxygens (including phenoxy) is 1. The number of aryl methyl sites for hydroxylation is 1. The van der Waals surface area contributed by atoms with Crippen molar-refractivity contribution in [1.29, 1.82) is 0 Å². The monoisotopic (exact) mass is 270 g/mol. The second-order valence-electron chi connectivity index (χ2n) is 4.56. The number of carbonyl (C=O) groups excluding carboxylic acids is 1. The summed E-state index contributed by atoms with van der Waals surface area (Å²) in [6.45, 7) is 3.91. The minimum Gasteiger partial charge on any atom is -0.481 e. The highest BCUT2D eigenvalue weighted by atomic mass is 16.5. The summed E-state index contributed by atoms with van der Waals surface area (Å²) in [6, 6.07) is 11.2. The summed E-state index contributed by atoms with van der Waals surface area (Å²) in [5, 5.41) is 2.80. The largest absolute Gasteiger partial charge is 0.481 e. The van der Waals surface area contributed by atoms with Gasteiger partial charge in [-0.25, -0.2) is 0 Å². The molecule has 0 aliphatic rings. The molecule has 1 unspecified atom stereocenters. The van der Waals surface area contributed by atoms with Crippen molar-refractivity contribution in [3.8, 4) is 5.75 Å². The summed E-state index contributed by atoms with van der Waals surface area (Å²) in [4.78, 5) is 16.1. The number of hydrogen-bond donors (Lipinski definition) is 1. The Balaban J connectivity index is 2.02. The number of anilines is 1. The van der Waals surface area contributed by atoms with Crippen LogP contribution in [0.15, 0.2) is 48.8 Å². The number of carbonyl (C=O) groups is 1. The minimum atomic E-state index is -0.517. The van der Waals surface area contributed by atoms with Crippen molar-refractivity contribution in [3.63, 3.8) is 0 Å². The lowest BCUT2D eigenvalue weighted by atomic mass is 10.2. The first-order valence-electron chi connectivity index (χ1n) is 6.63. The van der Waals surface area contributed by atoms with E-state index in [0.29, 0.717) is 17.9 Å². The normalized spacial score (nSPS) is 11.7. The van der Waals surface area contributed by atoms with Crippen LogP contribution in [0.25, 0.3) is 0 Å². The Kier molecular flexibility index (Phi) is 4.71. The molecule has 0 aliphatic heterocycles. The van der Waals surface area contributed by atoms with Gasteiger partial charge < -0.3 is 10.1 Å². The highest BCUT2D eigenvalue weighted by Crippen LogP contribution is 2.16. The van der Waals surface area contributed by atoms with Crippen LogP contribution in [0.3, 0.4) is 0 Å². The van der Waals surface area contributed by atoms with Crippen molar-refractivity contribution in [3.05, 3.63) is 54.4 Å². The number of pyridine rings is 1. The predicted octanol–water partition coefficient (Wildman–Crippen LogP) is 3.19. The molecule has 1 aromatic heterocycles. The van der Waals surface area contributed by atoms with Crippen LogP contribution in [0.4, 0.5) is 5.69 Å². The molecule has 2 aromatic rings. The summed E-state index contributed by atoms with van der Waals surface area (Å²) in [7, 11) is 0. The lowest BCUT2D eigenvalue weighted by Gasteiger charge is -2.17. The molecule has 0 fully saturated rings. The van der Waals surface area contributed by atoms with E-state index < -0.39 is 6.10 Å². The van der Waals surface area contributed by atoms with Gasteiger partial charge in [-0.05, 0) is 43.2 Å². The fourth-order valence-corrected chi connectivity index (χ4v) is 1.83. The lowest BCUT2D eigenvalue weighted by Crippen LogP contribution is -2.32. The van der Waals surface area contributed by atoms with Crippen LogP contribution in [-0.2, 0) is 4.79 Å². The van der Waals surface area contributed by atoms with E-state index in [1.54, 1.807) is 24.5 Å². The molecule has 1 aromatic carbocycles. The van der Waals surface area contributed by atoms with Gasteiger partial charge in [0.15, 0.2) is 6.10 Å². The van der Waals surface area contributed by atoms with Crippen LogP contribution in [0, 0.1) is 6.92 Å². The number of benzene rings is 1. The fourth-order valence-electron chi connectivity index (χ4n) is 1.83. The Morgan fingerprint density at radius 1 is 1.35 bits per heavy atom. The molecule has 0 spiro atoms. The van der Waals surface area contributed by atoms with Gasteiger partial charge in [-0.2, -0.15) is 0 Å². The topological polar surface area (TPSA) is 51.2 Å². The van der Waals surface area contributed by atoms with Crippen LogP contribution in [0.1, 0.15) is 18.9 Å². The molecular weight excluding hydrogens is 252 g/mol. The van der Waals surface area contributed by atoms with E-state index in [-0.39, 0.29) is 5.91 Å². The Morgan fingerprint density at radius 2 is 2.20 bits per heavy atom. The van der Waals surface area contributed by atoms with Crippen molar-refractivity contribution in [2.24, 2.45) is 0 Å². The first-order valence-corrected chi connectivity index (χ1v) is 6.63. The molecule has 0 saturated carbocycles. The van der Waals surface area contributed by atoms with E-state index >= 15 is 0 Å². The third-order valence-electron chi connectivity index (χ3n) is 2.86. The van der Waals surface area contributed by atoms with Gasteiger partial charge >= 0.3 is 0 Å².